The van der Waals surface area contributed by atoms with E-state index in [-0.39, 0.29) is 29.8 Å². The number of alkyl halides is 3. The molecule has 0 fully saturated rings. The van der Waals surface area contributed by atoms with Crippen LogP contribution >= 0.6 is 11.3 Å². The molecule has 4 aromatic rings. The van der Waals surface area contributed by atoms with E-state index in [9.17, 15) is 22.8 Å². The topological polar surface area (TPSA) is 80.1 Å². The summed E-state index contributed by atoms with van der Waals surface area (Å²) in [6.07, 6.45) is -4.52. The average Bonchev–Trinajstić information content (AvgIpc) is 3.53. The van der Waals surface area contributed by atoms with E-state index < -0.39 is 17.6 Å². The molecule has 2 amide bonds. The van der Waals surface area contributed by atoms with Gasteiger partial charge in [0.15, 0.2) is 5.82 Å². The van der Waals surface area contributed by atoms with Gasteiger partial charge in [0.25, 0.3) is 11.8 Å². The third-order valence-corrected chi connectivity index (χ3v) is 6.03. The zero-order chi connectivity index (χ0) is 25.2. The Labute approximate surface area is 202 Å². The van der Waals surface area contributed by atoms with Crippen molar-refractivity contribution in [2.24, 2.45) is 0 Å². The second kappa shape index (κ2) is 9.71. The lowest BCUT2D eigenvalue weighted by molar-refractivity contribution is -0.137. The van der Waals surface area contributed by atoms with Crippen LogP contribution in [0.15, 0.2) is 66.0 Å². The second-order valence-corrected chi connectivity index (χ2v) is 8.58. The number of benzene rings is 2. The van der Waals surface area contributed by atoms with Crippen molar-refractivity contribution in [1.82, 2.24) is 25.0 Å². The first-order valence-electron chi connectivity index (χ1n) is 10.4. The lowest BCUT2D eigenvalue weighted by atomic mass is 10.1. The molecule has 0 saturated heterocycles. The van der Waals surface area contributed by atoms with Crippen LogP contribution in [-0.4, -0.2) is 45.6 Å². The summed E-state index contributed by atoms with van der Waals surface area (Å²) in [6, 6.07) is 15.0. The number of halogens is 3. The highest BCUT2D eigenvalue weighted by Gasteiger charge is 2.31. The van der Waals surface area contributed by atoms with Crippen molar-refractivity contribution >= 4 is 23.2 Å². The zero-order valence-corrected chi connectivity index (χ0v) is 19.5. The molecule has 0 radical (unpaired) electrons. The number of amides is 2. The minimum absolute atomic E-state index is 0.141. The predicted molar refractivity (Wildman–Crippen MR) is 125 cm³/mol. The Kier molecular flexibility index (Phi) is 6.70. The molecule has 2 heterocycles. The van der Waals surface area contributed by atoms with Gasteiger partial charge in [-0.05, 0) is 47.3 Å². The van der Waals surface area contributed by atoms with Crippen LogP contribution < -0.4 is 5.32 Å². The summed E-state index contributed by atoms with van der Waals surface area (Å²) in [5.41, 5.74) is 0.589. The van der Waals surface area contributed by atoms with Gasteiger partial charge in [-0.25, -0.2) is 9.67 Å². The van der Waals surface area contributed by atoms with E-state index in [0.717, 1.165) is 17.7 Å². The normalized spacial score (nSPS) is 11.3. The van der Waals surface area contributed by atoms with Gasteiger partial charge in [0.1, 0.15) is 0 Å². The van der Waals surface area contributed by atoms with Crippen LogP contribution in [0.1, 0.15) is 32.1 Å². The van der Waals surface area contributed by atoms with Crippen LogP contribution in [0.2, 0.25) is 0 Å². The Hall–Kier alpha value is -3.99. The summed E-state index contributed by atoms with van der Waals surface area (Å²) in [5, 5.41) is 8.62. The molecule has 7 nitrogen and oxygen atoms in total. The Morgan fingerprint density at radius 3 is 2.46 bits per heavy atom. The zero-order valence-electron chi connectivity index (χ0n) is 18.7. The fraction of sp³-hybridized carbons (Fsp3) is 0.167. The smallest absolute Gasteiger partial charge is 0.355 e. The number of nitrogens with one attached hydrogen (secondary N) is 1. The first-order chi connectivity index (χ1) is 16.7. The van der Waals surface area contributed by atoms with Gasteiger partial charge < -0.3 is 10.2 Å². The lowest BCUT2D eigenvalue weighted by Crippen LogP contribution is -2.27. The molecule has 0 bridgehead atoms. The maximum atomic E-state index is 13.3. The lowest BCUT2D eigenvalue weighted by Gasteiger charge is -2.15. The monoisotopic (exact) mass is 499 g/mol. The first-order valence-corrected chi connectivity index (χ1v) is 11.3. The maximum absolute atomic E-state index is 13.3. The van der Waals surface area contributed by atoms with Crippen molar-refractivity contribution in [1.29, 1.82) is 0 Å². The van der Waals surface area contributed by atoms with Gasteiger partial charge in [0.05, 0.1) is 16.1 Å². The minimum atomic E-state index is -4.52. The summed E-state index contributed by atoms with van der Waals surface area (Å²) in [4.78, 5) is 31.2. The van der Waals surface area contributed by atoms with Crippen molar-refractivity contribution in [2.75, 3.05) is 14.1 Å². The molecule has 0 spiro atoms. The molecule has 2 aromatic carbocycles. The van der Waals surface area contributed by atoms with Gasteiger partial charge in [0.2, 0.25) is 5.82 Å². The standard InChI is InChI=1S/C24H20F3N5O2S/c1-28-22(33)16-10-8-15(9-11-16)14-31(2)23(34)20-29-21(19-7-4-12-35-19)32(30-20)18-6-3-5-17(13-18)24(25,26)27/h3-13H,14H2,1-2H3,(H,28,33). The first kappa shape index (κ1) is 24.1. The summed E-state index contributed by atoms with van der Waals surface area (Å²) in [5.74, 6) is -0.586. The fourth-order valence-electron chi connectivity index (χ4n) is 3.38. The van der Waals surface area contributed by atoms with Gasteiger partial charge in [-0.15, -0.1) is 16.4 Å². The number of rotatable bonds is 6. The number of carbonyl (C=O) groups excluding carboxylic acids is 2. The van der Waals surface area contributed by atoms with E-state index in [4.69, 9.17) is 0 Å². The van der Waals surface area contributed by atoms with Crippen LogP contribution in [0, 0.1) is 0 Å². The van der Waals surface area contributed by atoms with Gasteiger partial charge in [-0.2, -0.15) is 13.2 Å². The third-order valence-electron chi connectivity index (χ3n) is 5.17. The molecule has 180 valence electrons. The third kappa shape index (κ3) is 5.24. The van der Waals surface area contributed by atoms with E-state index in [2.05, 4.69) is 15.4 Å². The molecular formula is C24H20F3N5O2S. The number of hydrogen-bond donors (Lipinski definition) is 1. The highest BCUT2D eigenvalue weighted by Crippen LogP contribution is 2.32. The quantitative estimate of drug-likeness (QED) is 0.419. The van der Waals surface area contributed by atoms with Gasteiger partial charge in [-0.1, -0.05) is 24.3 Å². The Morgan fingerprint density at radius 1 is 1.09 bits per heavy atom. The molecule has 0 aliphatic heterocycles. The van der Waals surface area contributed by atoms with Gasteiger partial charge in [0, 0.05) is 26.2 Å². The summed E-state index contributed by atoms with van der Waals surface area (Å²) < 4.78 is 41.1. The van der Waals surface area contributed by atoms with Crippen LogP contribution in [0.3, 0.4) is 0 Å². The Balaban J connectivity index is 1.64. The largest absolute Gasteiger partial charge is 0.416 e. The van der Waals surface area contributed by atoms with Crippen LogP contribution in [0.25, 0.3) is 16.4 Å². The Morgan fingerprint density at radius 2 is 1.83 bits per heavy atom. The molecule has 2 aromatic heterocycles. The van der Waals surface area contributed by atoms with E-state index in [1.165, 1.54) is 33.1 Å². The molecule has 11 heteroatoms. The number of aromatic nitrogens is 3. The summed E-state index contributed by atoms with van der Waals surface area (Å²) >= 11 is 1.33. The van der Waals surface area contributed by atoms with Crippen molar-refractivity contribution in [3.8, 4) is 16.4 Å². The molecule has 35 heavy (non-hydrogen) atoms. The summed E-state index contributed by atoms with van der Waals surface area (Å²) in [7, 11) is 3.11. The SMILES string of the molecule is CNC(=O)c1ccc(CN(C)C(=O)c2nc(-c3cccs3)n(-c3cccc(C(F)(F)F)c3)n2)cc1. The highest BCUT2D eigenvalue weighted by atomic mass is 32.1. The van der Waals surface area contributed by atoms with Gasteiger partial charge >= 0.3 is 6.18 Å². The number of thiophene rings is 1. The molecule has 0 aliphatic carbocycles. The average molecular weight is 500 g/mol. The molecule has 0 unspecified atom stereocenters. The molecule has 0 saturated carbocycles. The second-order valence-electron chi connectivity index (χ2n) is 7.63. The predicted octanol–water partition coefficient (Wildman–Crippen LogP) is 4.65. The van der Waals surface area contributed by atoms with Crippen molar-refractivity contribution in [2.45, 2.75) is 12.7 Å². The van der Waals surface area contributed by atoms with Crippen molar-refractivity contribution < 1.29 is 22.8 Å². The number of hydrogen-bond acceptors (Lipinski definition) is 5. The fourth-order valence-corrected chi connectivity index (χ4v) is 4.08. The minimum Gasteiger partial charge on any atom is -0.355 e. The molecule has 0 aliphatic rings. The van der Waals surface area contributed by atoms with Gasteiger partial charge in [-0.3, -0.25) is 9.59 Å². The van der Waals surface area contributed by atoms with Crippen molar-refractivity contribution in [3.63, 3.8) is 0 Å². The highest BCUT2D eigenvalue weighted by molar-refractivity contribution is 7.13. The number of nitrogens with zero attached hydrogens (tertiary/aromatic N) is 4. The Bertz CT molecular complexity index is 1350. The van der Waals surface area contributed by atoms with Crippen molar-refractivity contribution in [3.05, 3.63) is 88.6 Å². The molecule has 1 N–H and O–H groups in total. The van der Waals surface area contributed by atoms with E-state index >= 15 is 0 Å². The van der Waals surface area contributed by atoms with E-state index in [0.29, 0.717) is 10.4 Å². The molecular weight excluding hydrogens is 479 g/mol. The van der Waals surface area contributed by atoms with Crippen LogP contribution in [-0.2, 0) is 12.7 Å². The number of carbonyl (C=O) groups is 2. The van der Waals surface area contributed by atoms with E-state index in [1.807, 2.05) is 0 Å². The van der Waals surface area contributed by atoms with E-state index in [1.54, 1.807) is 55.9 Å². The molecule has 4 rings (SSSR count). The molecule has 0 atom stereocenters. The van der Waals surface area contributed by atoms with Crippen LogP contribution in [0.4, 0.5) is 13.2 Å². The maximum Gasteiger partial charge on any atom is 0.416 e. The summed E-state index contributed by atoms with van der Waals surface area (Å²) in [6.45, 7) is 0.222. The van der Waals surface area contributed by atoms with Crippen LogP contribution in [0.5, 0.6) is 0 Å².